The second-order valence-corrected chi connectivity index (χ2v) is 3.28. The van der Waals surface area contributed by atoms with Gasteiger partial charge in [0.2, 0.25) is 0 Å². The molecule has 5 nitrogen and oxygen atoms in total. The molecule has 0 amide bonds. The number of phenols is 2. The van der Waals surface area contributed by atoms with Gasteiger partial charge < -0.3 is 21.1 Å². The van der Waals surface area contributed by atoms with Crippen LogP contribution in [0, 0.1) is 0 Å². The maximum Gasteiger partial charge on any atom is 0.304 e. The van der Waals surface area contributed by atoms with E-state index in [4.69, 9.17) is 15.9 Å². The van der Waals surface area contributed by atoms with Crippen LogP contribution in [0.1, 0.15) is 17.9 Å². The highest BCUT2D eigenvalue weighted by Crippen LogP contribution is 2.29. The maximum absolute atomic E-state index is 10.5. The molecule has 0 bridgehead atoms. The second-order valence-electron chi connectivity index (χ2n) is 3.28. The van der Waals surface area contributed by atoms with Crippen molar-refractivity contribution < 1.29 is 20.1 Å². The third-order valence-electron chi connectivity index (χ3n) is 2.18. The second kappa shape index (κ2) is 4.65. The topological polar surface area (TPSA) is 104 Å². The third kappa shape index (κ3) is 2.85. The fraction of sp³-hybridized carbons (Fsp3) is 0.300. The molecule has 1 atom stereocenters. The van der Waals surface area contributed by atoms with Crippen molar-refractivity contribution in [3.05, 3.63) is 23.8 Å². The smallest absolute Gasteiger partial charge is 0.304 e. The summed E-state index contributed by atoms with van der Waals surface area (Å²) < 4.78 is 0. The van der Waals surface area contributed by atoms with Crippen molar-refractivity contribution in [2.75, 3.05) is 6.54 Å². The molecule has 0 aliphatic heterocycles. The lowest BCUT2D eigenvalue weighted by molar-refractivity contribution is -0.137. The van der Waals surface area contributed by atoms with E-state index in [1.165, 1.54) is 12.1 Å². The molecule has 0 aromatic heterocycles. The van der Waals surface area contributed by atoms with Gasteiger partial charge in [-0.15, -0.1) is 0 Å². The Labute approximate surface area is 86.8 Å². The number of hydrogen-bond donors (Lipinski definition) is 4. The molecule has 0 radical (unpaired) electrons. The van der Waals surface area contributed by atoms with Crippen LogP contribution >= 0.6 is 0 Å². The number of rotatable bonds is 4. The van der Waals surface area contributed by atoms with Gasteiger partial charge in [-0.3, -0.25) is 4.79 Å². The summed E-state index contributed by atoms with van der Waals surface area (Å²) in [6.45, 7) is 0.177. The van der Waals surface area contributed by atoms with Gasteiger partial charge in [-0.1, -0.05) is 6.07 Å². The molecule has 1 unspecified atom stereocenters. The summed E-state index contributed by atoms with van der Waals surface area (Å²) >= 11 is 0. The lowest BCUT2D eigenvalue weighted by atomic mass is 9.95. The van der Waals surface area contributed by atoms with Crippen LogP contribution in [-0.4, -0.2) is 27.8 Å². The van der Waals surface area contributed by atoms with Crippen molar-refractivity contribution in [2.45, 2.75) is 12.3 Å². The Hall–Kier alpha value is -1.75. The highest BCUT2D eigenvalue weighted by Gasteiger charge is 2.15. The Morgan fingerprint density at radius 2 is 2.00 bits per heavy atom. The molecule has 1 aromatic rings. The van der Waals surface area contributed by atoms with Gasteiger partial charge in [0.25, 0.3) is 0 Å². The van der Waals surface area contributed by atoms with E-state index < -0.39 is 5.97 Å². The van der Waals surface area contributed by atoms with Gasteiger partial charge in [0.1, 0.15) is 0 Å². The number of carboxylic acids is 1. The predicted octanol–water partition coefficient (Wildman–Crippen LogP) is 0.615. The zero-order valence-electron chi connectivity index (χ0n) is 8.05. The van der Waals surface area contributed by atoms with E-state index in [-0.39, 0.29) is 30.4 Å². The van der Waals surface area contributed by atoms with E-state index in [2.05, 4.69) is 0 Å². The summed E-state index contributed by atoms with van der Waals surface area (Å²) in [4.78, 5) is 10.5. The first-order valence-electron chi connectivity index (χ1n) is 4.48. The largest absolute Gasteiger partial charge is 0.504 e. The SMILES string of the molecule is NCC(CC(=O)O)c1ccc(O)c(O)c1. The molecule has 0 saturated carbocycles. The van der Waals surface area contributed by atoms with Crippen molar-refractivity contribution in [3.63, 3.8) is 0 Å². The first-order valence-corrected chi connectivity index (χ1v) is 4.48. The van der Waals surface area contributed by atoms with Gasteiger partial charge in [-0.05, 0) is 24.2 Å². The number of phenolic OH excluding ortho intramolecular Hbond substituents is 2. The minimum Gasteiger partial charge on any atom is -0.504 e. The average Bonchev–Trinajstić information content (AvgIpc) is 2.18. The Morgan fingerprint density at radius 1 is 1.33 bits per heavy atom. The normalized spacial score (nSPS) is 12.3. The Morgan fingerprint density at radius 3 is 2.47 bits per heavy atom. The van der Waals surface area contributed by atoms with Crippen molar-refractivity contribution in [1.29, 1.82) is 0 Å². The molecular formula is C10H13NO4. The van der Waals surface area contributed by atoms with E-state index in [9.17, 15) is 9.90 Å². The molecule has 1 rings (SSSR count). The van der Waals surface area contributed by atoms with Gasteiger partial charge in [-0.25, -0.2) is 0 Å². The zero-order valence-corrected chi connectivity index (χ0v) is 8.05. The first kappa shape index (κ1) is 11.3. The number of aliphatic carboxylic acids is 1. The quantitative estimate of drug-likeness (QED) is 0.546. The van der Waals surface area contributed by atoms with E-state index >= 15 is 0 Å². The number of nitrogens with two attached hydrogens (primary N) is 1. The molecule has 0 aliphatic rings. The fourth-order valence-electron chi connectivity index (χ4n) is 1.34. The van der Waals surface area contributed by atoms with Gasteiger partial charge in [0, 0.05) is 5.92 Å². The van der Waals surface area contributed by atoms with Crippen LogP contribution in [0.25, 0.3) is 0 Å². The summed E-state index contributed by atoms with van der Waals surface area (Å²) in [5.41, 5.74) is 6.04. The number of aromatic hydroxyl groups is 2. The van der Waals surface area contributed by atoms with Gasteiger partial charge in [-0.2, -0.15) is 0 Å². The minimum atomic E-state index is -0.946. The van der Waals surface area contributed by atoms with Gasteiger partial charge in [0.15, 0.2) is 11.5 Å². The van der Waals surface area contributed by atoms with E-state index in [0.717, 1.165) is 0 Å². The molecular weight excluding hydrogens is 198 g/mol. The third-order valence-corrected chi connectivity index (χ3v) is 2.18. The Kier molecular flexibility index (Phi) is 3.51. The molecule has 1 aromatic carbocycles. The van der Waals surface area contributed by atoms with Crippen LogP contribution < -0.4 is 5.73 Å². The molecule has 0 fully saturated rings. The van der Waals surface area contributed by atoms with Gasteiger partial charge >= 0.3 is 5.97 Å². The average molecular weight is 211 g/mol. The summed E-state index contributed by atoms with van der Waals surface area (Å²) in [5, 5.41) is 27.0. The van der Waals surface area contributed by atoms with Gasteiger partial charge in [0.05, 0.1) is 6.42 Å². The van der Waals surface area contributed by atoms with Crippen LogP contribution in [-0.2, 0) is 4.79 Å². The number of benzene rings is 1. The number of carbonyl (C=O) groups is 1. The summed E-state index contributed by atoms with van der Waals surface area (Å²) in [5.74, 6) is -1.80. The van der Waals surface area contributed by atoms with E-state index in [1.54, 1.807) is 6.07 Å². The molecule has 0 spiro atoms. The highest BCUT2D eigenvalue weighted by atomic mass is 16.4. The summed E-state index contributed by atoms with van der Waals surface area (Å²) in [6.07, 6.45) is -0.0965. The lowest BCUT2D eigenvalue weighted by Crippen LogP contribution is -2.16. The lowest BCUT2D eigenvalue weighted by Gasteiger charge is -2.13. The monoisotopic (exact) mass is 211 g/mol. The zero-order chi connectivity index (χ0) is 11.4. The minimum absolute atomic E-state index is 0.0965. The van der Waals surface area contributed by atoms with Crippen molar-refractivity contribution in [1.82, 2.24) is 0 Å². The van der Waals surface area contributed by atoms with E-state index in [1.807, 2.05) is 0 Å². The standard InChI is InChI=1S/C10H13NO4/c11-5-7(4-10(14)15)6-1-2-8(12)9(13)3-6/h1-3,7,12-13H,4-5,11H2,(H,14,15). The number of carboxylic acid groups (broad SMARTS) is 1. The van der Waals surface area contributed by atoms with Crippen LogP contribution in [0.15, 0.2) is 18.2 Å². The van der Waals surface area contributed by atoms with Crippen LogP contribution in [0.2, 0.25) is 0 Å². The fourth-order valence-corrected chi connectivity index (χ4v) is 1.34. The maximum atomic E-state index is 10.5. The number of hydrogen-bond acceptors (Lipinski definition) is 4. The Bertz CT molecular complexity index is 364. The Balaban J connectivity index is 2.92. The van der Waals surface area contributed by atoms with E-state index in [0.29, 0.717) is 5.56 Å². The van der Waals surface area contributed by atoms with Crippen LogP contribution in [0.3, 0.4) is 0 Å². The molecule has 0 heterocycles. The summed E-state index contributed by atoms with van der Waals surface area (Å²) in [6, 6.07) is 4.19. The predicted molar refractivity (Wildman–Crippen MR) is 53.8 cm³/mol. The van der Waals surface area contributed by atoms with Crippen LogP contribution in [0.5, 0.6) is 11.5 Å². The van der Waals surface area contributed by atoms with Crippen molar-refractivity contribution >= 4 is 5.97 Å². The summed E-state index contributed by atoms with van der Waals surface area (Å²) in [7, 11) is 0. The molecule has 0 saturated heterocycles. The molecule has 82 valence electrons. The highest BCUT2D eigenvalue weighted by molar-refractivity contribution is 5.68. The first-order chi connectivity index (χ1) is 7.04. The van der Waals surface area contributed by atoms with Crippen molar-refractivity contribution in [3.8, 4) is 11.5 Å². The molecule has 15 heavy (non-hydrogen) atoms. The molecule has 0 aliphatic carbocycles. The molecule has 5 heteroatoms. The van der Waals surface area contributed by atoms with Crippen molar-refractivity contribution in [2.24, 2.45) is 5.73 Å². The molecule has 5 N–H and O–H groups in total. The van der Waals surface area contributed by atoms with Crippen LogP contribution in [0.4, 0.5) is 0 Å².